The number of nitrogens with two attached hydrogens (primary N) is 1. The fraction of sp³-hybridized carbons (Fsp3) is 0.417. The average molecular weight is 257 g/mol. The van der Waals surface area contributed by atoms with Gasteiger partial charge in [-0.2, -0.15) is 0 Å². The number of hydrogen-bond acceptors (Lipinski definition) is 3. The largest absolute Gasteiger partial charge is 0.496 e. The van der Waals surface area contributed by atoms with E-state index in [2.05, 4.69) is 5.32 Å². The predicted octanol–water partition coefficient (Wildman–Crippen LogP) is 1.54. The van der Waals surface area contributed by atoms with Crippen molar-refractivity contribution in [2.24, 2.45) is 5.73 Å². The number of methoxy groups -OCH3 is 1. The Hall–Kier alpha value is -1.26. The zero-order valence-electron chi connectivity index (χ0n) is 10.3. The molecule has 0 bridgehead atoms. The first-order chi connectivity index (χ1) is 7.97. The maximum Gasteiger partial charge on any atom is 0.231 e. The Morgan fingerprint density at radius 2 is 2.18 bits per heavy atom. The van der Waals surface area contributed by atoms with Gasteiger partial charge in [-0.25, -0.2) is 0 Å². The topological polar surface area (TPSA) is 64.3 Å². The van der Waals surface area contributed by atoms with Gasteiger partial charge in [-0.1, -0.05) is 11.6 Å². The van der Waals surface area contributed by atoms with Gasteiger partial charge in [0.05, 0.1) is 13.7 Å². The van der Waals surface area contributed by atoms with Crippen LogP contribution in [0.1, 0.15) is 16.7 Å². The van der Waals surface area contributed by atoms with Crippen LogP contribution in [0.3, 0.4) is 0 Å². The molecule has 4 nitrogen and oxygen atoms in total. The SMILES string of the molecule is COc1cc(C)c(Cl)c(C)c1CNCC(N)=O. The Morgan fingerprint density at radius 3 is 2.71 bits per heavy atom. The van der Waals surface area contributed by atoms with Crippen molar-refractivity contribution in [1.29, 1.82) is 0 Å². The van der Waals surface area contributed by atoms with E-state index in [1.165, 1.54) is 0 Å². The summed E-state index contributed by atoms with van der Waals surface area (Å²) in [4.78, 5) is 10.7. The molecule has 0 saturated heterocycles. The van der Waals surface area contributed by atoms with Gasteiger partial charge in [-0.05, 0) is 31.0 Å². The van der Waals surface area contributed by atoms with Gasteiger partial charge >= 0.3 is 0 Å². The zero-order valence-corrected chi connectivity index (χ0v) is 11.0. The molecule has 0 heterocycles. The number of carbonyl (C=O) groups excluding carboxylic acids is 1. The van der Waals surface area contributed by atoms with Crippen molar-refractivity contribution in [3.05, 3.63) is 27.8 Å². The second-order valence-electron chi connectivity index (χ2n) is 3.88. The Labute approximate surface area is 106 Å². The number of carbonyl (C=O) groups is 1. The number of nitrogens with one attached hydrogen (secondary N) is 1. The number of rotatable bonds is 5. The van der Waals surface area contributed by atoms with E-state index in [1.807, 2.05) is 19.9 Å². The number of amides is 1. The summed E-state index contributed by atoms with van der Waals surface area (Å²) in [5.41, 5.74) is 7.94. The molecular weight excluding hydrogens is 240 g/mol. The molecule has 17 heavy (non-hydrogen) atoms. The fourth-order valence-corrected chi connectivity index (χ4v) is 1.84. The molecule has 1 aromatic carbocycles. The fourth-order valence-electron chi connectivity index (χ4n) is 1.67. The molecule has 1 rings (SSSR count). The molecule has 94 valence electrons. The molecule has 0 unspecified atom stereocenters. The van der Waals surface area contributed by atoms with Gasteiger partial charge < -0.3 is 15.8 Å². The van der Waals surface area contributed by atoms with Crippen molar-refractivity contribution in [1.82, 2.24) is 5.32 Å². The van der Waals surface area contributed by atoms with Crippen LogP contribution in [-0.4, -0.2) is 19.6 Å². The molecule has 0 radical (unpaired) electrons. The molecular formula is C12H17ClN2O2. The van der Waals surface area contributed by atoms with Crippen molar-refractivity contribution in [3.8, 4) is 5.75 Å². The van der Waals surface area contributed by atoms with Crippen LogP contribution in [0.4, 0.5) is 0 Å². The van der Waals surface area contributed by atoms with E-state index in [-0.39, 0.29) is 12.5 Å². The minimum Gasteiger partial charge on any atom is -0.496 e. The minimum atomic E-state index is -0.389. The summed E-state index contributed by atoms with van der Waals surface area (Å²) in [6, 6.07) is 1.89. The van der Waals surface area contributed by atoms with E-state index >= 15 is 0 Å². The highest BCUT2D eigenvalue weighted by molar-refractivity contribution is 6.32. The molecule has 1 amide bonds. The summed E-state index contributed by atoms with van der Waals surface area (Å²) in [7, 11) is 1.61. The van der Waals surface area contributed by atoms with Crippen LogP contribution in [0, 0.1) is 13.8 Å². The van der Waals surface area contributed by atoms with Gasteiger partial charge in [0.15, 0.2) is 0 Å². The number of aryl methyl sites for hydroxylation is 1. The van der Waals surface area contributed by atoms with Gasteiger partial charge in [-0.3, -0.25) is 4.79 Å². The molecule has 0 atom stereocenters. The summed E-state index contributed by atoms with van der Waals surface area (Å²) < 4.78 is 5.30. The maximum atomic E-state index is 10.7. The van der Waals surface area contributed by atoms with Crippen LogP contribution in [0.2, 0.25) is 5.02 Å². The third kappa shape index (κ3) is 3.35. The Kier molecular flexibility index (Phi) is 4.78. The Morgan fingerprint density at radius 1 is 1.53 bits per heavy atom. The van der Waals surface area contributed by atoms with Crippen LogP contribution in [0.25, 0.3) is 0 Å². The van der Waals surface area contributed by atoms with E-state index < -0.39 is 0 Å². The van der Waals surface area contributed by atoms with Crippen LogP contribution in [0.15, 0.2) is 6.07 Å². The van der Waals surface area contributed by atoms with E-state index in [0.717, 1.165) is 27.5 Å². The highest BCUT2D eigenvalue weighted by atomic mass is 35.5. The Bertz CT molecular complexity index is 433. The quantitative estimate of drug-likeness (QED) is 0.840. The van der Waals surface area contributed by atoms with Crippen molar-refractivity contribution in [2.75, 3.05) is 13.7 Å². The molecule has 0 spiro atoms. The lowest BCUT2D eigenvalue weighted by Crippen LogP contribution is -2.28. The highest BCUT2D eigenvalue weighted by Crippen LogP contribution is 2.31. The van der Waals surface area contributed by atoms with Crippen LogP contribution in [0.5, 0.6) is 5.75 Å². The number of hydrogen-bond donors (Lipinski definition) is 2. The monoisotopic (exact) mass is 256 g/mol. The summed E-state index contributed by atoms with van der Waals surface area (Å²) in [5, 5.41) is 3.67. The molecule has 0 saturated carbocycles. The van der Waals surface area contributed by atoms with E-state index in [4.69, 9.17) is 22.1 Å². The van der Waals surface area contributed by atoms with E-state index in [0.29, 0.717) is 6.54 Å². The smallest absolute Gasteiger partial charge is 0.231 e. The van der Waals surface area contributed by atoms with Crippen molar-refractivity contribution >= 4 is 17.5 Å². The number of benzene rings is 1. The second kappa shape index (κ2) is 5.89. The predicted molar refractivity (Wildman–Crippen MR) is 68.4 cm³/mol. The molecule has 0 fully saturated rings. The third-order valence-corrected chi connectivity index (χ3v) is 3.18. The van der Waals surface area contributed by atoms with Gasteiger partial charge in [0.1, 0.15) is 5.75 Å². The molecule has 0 aromatic heterocycles. The van der Waals surface area contributed by atoms with Gasteiger partial charge in [0, 0.05) is 17.1 Å². The number of primary amides is 1. The lowest BCUT2D eigenvalue weighted by Gasteiger charge is -2.15. The summed E-state index contributed by atoms with van der Waals surface area (Å²) in [6.45, 7) is 4.49. The van der Waals surface area contributed by atoms with Gasteiger partial charge in [0.25, 0.3) is 0 Å². The molecule has 0 aliphatic heterocycles. The van der Waals surface area contributed by atoms with Crippen LogP contribution in [-0.2, 0) is 11.3 Å². The number of halogens is 1. The average Bonchev–Trinajstić information content (AvgIpc) is 2.28. The second-order valence-corrected chi connectivity index (χ2v) is 4.26. The molecule has 0 aliphatic carbocycles. The van der Waals surface area contributed by atoms with E-state index in [1.54, 1.807) is 7.11 Å². The maximum absolute atomic E-state index is 10.7. The lowest BCUT2D eigenvalue weighted by atomic mass is 10.0. The first kappa shape index (κ1) is 13.8. The first-order valence-electron chi connectivity index (χ1n) is 5.29. The highest BCUT2D eigenvalue weighted by Gasteiger charge is 2.12. The van der Waals surface area contributed by atoms with Gasteiger partial charge in [-0.15, -0.1) is 0 Å². The minimum absolute atomic E-state index is 0.133. The van der Waals surface area contributed by atoms with Crippen molar-refractivity contribution in [3.63, 3.8) is 0 Å². The molecule has 1 aromatic rings. The lowest BCUT2D eigenvalue weighted by molar-refractivity contribution is -0.117. The zero-order chi connectivity index (χ0) is 13.0. The standard InChI is InChI=1S/C12H17ClN2O2/c1-7-4-10(17-3)9(8(2)12(7)13)5-15-6-11(14)16/h4,15H,5-6H2,1-3H3,(H2,14,16). The number of ether oxygens (including phenoxy) is 1. The van der Waals surface area contributed by atoms with Crippen LogP contribution >= 0.6 is 11.6 Å². The Balaban J connectivity index is 2.96. The molecule has 3 N–H and O–H groups in total. The summed E-state index contributed by atoms with van der Waals surface area (Å²) in [6.07, 6.45) is 0. The van der Waals surface area contributed by atoms with Gasteiger partial charge in [0.2, 0.25) is 5.91 Å². The summed E-state index contributed by atoms with van der Waals surface area (Å²) in [5.74, 6) is 0.376. The molecule has 0 aliphatic rings. The summed E-state index contributed by atoms with van der Waals surface area (Å²) >= 11 is 6.18. The third-order valence-electron chi connectivity index (χ3n) is 2.59. The van der Waals surface area contributed by atoms with Crippen LogP contribution < -0.4 is 15.8 Å². The van der Waals surface area contributed by atoms with E-state index in [9.17, 15) is 4.79 Å². The molecule has 5 heteroatoms. The first-order valence-corrected chi connectivity index (χ1v) is 5.66. The van der Waals surface area contributed by atoms with Crippen molar-refractivity contribution < 1.29 is 9.53 Å². The normalized spacial score (nSPS) is 10.4. The van der Waals surface area contributed by atoms with Crippen molar-refractivity contribution in [2.45, 2.75) is 20.4 Å².